The first-order valence-corrected chi connectivity index (χ1v) is 16.0. The molecular formula is C37H36F6N4O4. The Balaban J connectivity index is 1.86. The fraction of sp³-hybridized carbons (Fsp3) is 0.351. The molecule has 14 heteroatoms. The van der Waals surface area contributed by atoms with Gasteiger partial charge in [-0.15, -0.1) is 5.92 Å². The average molecular weight is 715 g/mol. The second-order valence-electron chi connectivity index (χ2n) is 12.6. The number of carbonyl (C=O) groups is 2. The number of rotatable bonds is 12. The van der Waals surface area contributed by atoms with Crippen LogP contribution in [0.25, 0.3) is 11.1 Å². The number of aliphatic carboxylic acids is 1. The maximum atomic E-state index is 16.7. The molecule has 2 aromatic heterocycles. The van der Waals surface area contributed by atoms with Crippen molar-refractivity contribution >= 4 is 11.9 Å². The SMILES string of the molecule is CC#Cc1cc(F)c(C(CC(=O)O)NC(=O)C(CC(C)C)n2cc(CCn3cccn3)c(C(F)(F)F)cc2=O)c(F)c1-c1c(C)cc(F)cc1C. The lowest BCUT2D eigenvalue weighted by molar-refractivity contribution is -0.139. The maximum Gasteiger partial charge on any atom is 0.416 e. The number of aryl methyl sites for hydroxylation is 4. The summed E-state index contributed by atoms with van der Waals surface area (Å²) in [5.41, 5.74) is -3.08. The molecule has 0 bridgehead atoms. The molecule has 4 aromatic rings. The van der Waals surface area contributed by atoms with Crippen molar-refractivity contribution in [3.8, 4) is 23.0 Å². The smallest absolute Gasteiger partial charge is 0.416 e. The highest BCUT2D eigenvalue weighted by atomic mass is 19.4. The van der Waals surface area contributed by atoms with Crippen LogP contribution in [-0.2, 0) is 28.7 Å². The van der Waals surface area contributed by atoms with Gasteiger partial charge in [0.15, 0.2) is 0 Å². The minimum atomic E-state index is -4.90. The van der Waals surface area contributed by atoms with E-state index in [2.05, 4.69) is 22.3 Å². The van der Waals surface area contributed by atoms with E-state index >= 15 is 8.78 Å². The van der Waals surface area contributed by atoms with Crippen LogP contribution in [0.2, 0.25) is 0 Å². The summed E-state index contributed by atoms with van der Waals surface area (Å²) in [5, 5.41) is 16.1. The lowest BCUT2D eigenvalue weighted by Crippen LogP contribution is -2.41. The Labute approximate surface area is 290 Å². The Morgan fingerprint density at radius 2 is 1.71 bits per heavy atom. The summed E-state index contributed by atoms with van der Waals surface area (Å²) in [6.45, 7) is 7.85. The third kappa shape index (κ3) is 8.89. The van der Waals surface area contributed by atoms with Crippen LogP contribution in [-0.4, -0.2) is 31.3 Å². The van der Waals surface area contributed by atoms with Crippen molar-refractivity contribution in [1.29, 1.82) is 0 Å². The van der Waals surface area contributed by atoms with Crippen LogP contribution in [0.15, 0.2) is 53.7 Å². The molecule has 2 N–H and O–H groups in total. The molecule has 0 aliphatic carbocycles. The number of halogens is 6. The number of nitrogens with one attached hydrogen (secondary N) is 1. The molecule has 0 aliphatic heterocycles. The van der Waals surface area contributed by atoms with E-state index < -0.39 is 70.7 Å². The van der Waals surface area contributed by atoms with Crippen molar-refractivity contribution in [3.63, 3.8) is 0 Å². The van der Waals surface area contributed by atoms with Crippen LogP contribution in [0.4, 0.5) is 26.3 Å². The van der Waals surface area contributed by atoms with Gasteiger partial charge < -0.3 is 15.0 Å². The summed E-state index contributed by atoms with van der Waals surface area (Å²) >= 11 is 0. The molecule has 4 rings (SSSR count). The van der Waals surface area contributed by atoms with Gasteiger partial charge in [-0.3, -0.25) is 19.1 Å². The van der Waals surface area contributed by atoms with E-state index in [0.717, 1.165) is 29.0 Å². The van der Waals surface area contributed by atoms with Crippen molar-refractivity contribution in [2.45, 2.75) is 78.7 Å². The van der Waals surface area contributed by atoms with Crippen molar-refractivity contribution in [2.24, 2.45) is 5.92 Å². The van der Waals surface area contributed by atoms with Crippen molar-refractivity contribution < 1.29 is 41.0 Å². The van der Waals surface area contributed by atoms with Crippen LogP contribution in [0, 0.1) is 49.1 Å². The lowest BCUT2D eigenvalue weighted by atomic mass is 9.88. The van der Waals surface area contributed by atoms with Crippen LogP contribution in [0.3, 0.4) is 0 Å². The number of hydrogen-bond donors (Lipinski definition) is 2. The summed E-state index contributed by atoms with van der Waals surface area (Å²) in [4.78, 5) is 39.3. The van der Waals surface area contributed by atoms with Gasteiger partial charge in [-0.25, -0.2) is 13.2 Å². The molecule has 2 unspecified atom stereocenters. The number of benzene rings is 2. The van der Waals surface area contributed by atoms with Crippen LogP contribution in [0.1, 0.15) is 79.1 Å². The van der Waals surface area contributed by atoms with E-state index in [0.29, 0.717) is 6.07 Å². The van der Waals surface area contributed by atoms with Crippen LogP contribution < -0.4 is 10.9 Å². The second-order valence-corrected chi connectivity index (χ2v) is 12.6. The van der Waals surface area contributed by atoms with Gasteiger partial charge in [0.2, 0.25) is 5.91 Å². The third-order valence-electron chi connectivity index (χ3n) is 8.28. The van der Waals surface area contributed by atoms with Crippen LogP contribution >= 0.6 is 0 Å². The van der Waals surface area contributed by atoms with Gasteiger partial charge in [-0.1, -0.05) is 19.8 Å². The number of hydrogen-bond acceptors (Lipinski definition) is 4. The van der Waals surface area contributed by atoms with Gasteiger partial charge in [0.05, 0.1) is 18.0 Å². The molecule has 2 heterocycles. The third-order valence-corrected chi connectivity index (χ3v) is 8.28. The van der Waals surface area contributed by atoms with E-state index in [1.807, 2.05) is 0 Å². The fourth-order valence-corrected chi connectivity index (χ4v) is 6.16. The maximum absolute atomic E-state index is 16.7. The van der Waals surface area contributed by atoms with E-state index in [4.69, 9.17) is 0 Å². The zero-order valence-corrected chi connectivity index (χ0v) is 28.5. The number of carboxylic acids is 1. The van der Waals surface area contributed by atoms with E-state index in [-0.39, 0.29) is 58.7 Å². The number of carbonyl (C=O) groups excluding carboxylic acids is 1. The first kappa shape index (κ1) is 38.5. The Kier molecular flexibility index (Phi) is 11.8. The summed E-state index contributed by atoms with van der Waals surface area (Å²) in [7, 11) is 0. The molecule has 0 saturated carbocycles. The van der Waals surface area contributed by atoms with Gasteiger partial charge in [0.1, 0.15) is 23.5 Å². The first-order valence-electron chi connectivity index (χ1n) is 16.0. The zero-order chi connectivity index (χ0) is 37.8. The summed E-state index contributed by atoms with van der Waals surface area (Å²) in [5.74, 6) is -0.792. The number of pyridine rings is 1. The van der Waals surface area contributed by atoms with Gasteiger partial charge in [0, 0.05) is 47.9 Å². The van der Waals surface area contributed by atoms with Crippen molar-refractivity contribution in [1.82, 2.24) is 19.7 Å². The largest absolute Gasteiger partial charge is 0.481 e. The van der Waals surface area contributed by atoms with Crippen molar-refractivity contribution in [3.05, 3.63) is 110 Å². The highest BCUT2D eigenvalue weighted by Crippen LogP contribution is 2.38. The normalized spacial score (nSPS) is 12.7. The quantitative estimate of drug-likeness (QED) is 0.118. The minimum Gasteiger partial charge on any atom is -0.481 e. The zero-order valence-electron chi connectivity index (χ0n) is 28.5. The number of alkyl halides is 3. The van der Waals surface area contributed by atoms with E-state index in [1.165, 1.54) is 31.6 Å². The predicted molar refractivity (Wildman–Crippen MR) is 177 cm³/mol. The number of nitrogens with zero attached hydrogens (tertiary/aromatic N) is 3. The summed E-state index contributed by atoms with van der Waals surface area (Å²) in [6, 6.07) is 1.81. The number of aromatic nitrogens is 3. The molecule has 2 aromatic carbocycles. The fourth-order valence-electron chi connectivity index (χ4n) is 6.16. The second kappa shape index (κ2) is 15.7. The Bertz CT molecular complexity index is 2040. The molecule has 0 radical (unpaired) electrons. The standard InChI is InChI=1S/C37H36F6N4O4/c1-6-8-23-16-27(39)34(35(40)33(23)32-21(4)14-25(38)15-22(32)5)28(18-31(49)50)45-36(51)29(13-20(2)3)47-19-24(9-12-46-11-7-10-44-46)26(17-30(47)48)37(41,42)43/h7,10-11,14-17,19-20,28-29H,9,12-13,18H2,1-5H3,(H,45,51)(H,49,50). The van der Waals surface area contributed by atoms with Gasteiger partial charge in [-0.05, 0) is 86.1 Å². The molecule has 0 spiro atoms. The monoisotopic (exact) mass is 714 g/mol. The first-order chi connectivity index (χ1) is 23.9. The highest BCUT2D eigenvalue weighted by Gasteiger charge is 2.36. The topological polar surface area (TPSA) is 106 Å². The Morgan fingerprint density at radius 3 is 2.25 bits per heavy atom. The minimum absolute atomic E-state index is 0.0162. The molecule has 0 fully saturated rings. The lowest BCUT2D eigenvalue weighted by Gasteiger charge is -2.27. The average Bonchev–Trinajstić information content (AvgIpc) is 3.53. The van der Waals surface area contributed by atoms with Crippen molar-refractivity contribution in [2.75, 3.05) is 0 Å². The van der Waals surface area contributed by atoms with E-state index in [9.17, 15) is 37.1 Å². The molecule has 2 atom stereocenters. The highest BCUT2D eigenvalue weighted by molar-refractivity contribution is 5.83. The molecular weight excluding hydrogens is 678 g/mol. The van der Waals surface area contributed by atoms with Gasteiger partial charge in [0.25, 0.3) is 5.56 Å². The molecule has 8 nitrogen and oxygen atoms in total. The molecule has 270 valence electrons. The summed E-state index contributed by atoms with van der Waals surface area (Å²) < 4.78 is 91.2. The summed E-state index contributed by atoms with van der Waals surface area (Å²) in [6.07, 6.45) is -2.31. The number of amides is 1. The Hall–Kier alpha value is -5.32. The molecule has 51 heavy (non-hydrogen) atoms. The van der Waals surface area contributed by atoms with Gasteiger partial charge in [-0.2, -0.15) is 18.3 Å². The molecule has 0 aliphatic rings. The van der Waals surface area contributed by atoms with Gasteiger partial charge >= 0.3 is 12.1 Å². The molecule has 1 amide bonds. The Morgan fingerprint density at radius 1 is 1.04 bits per heavy atom. The predicted octanol–water partition coefficient (Wildman–Crippen LogP) is 7.30. The number of carboxylic acid groups (broad SMARTS) is 1. The van der Waals surface area contributed by atoms with Crippen LogP contribution in [0.5, 0.6) is 0 Å². The van der Waals surface area contributed by atoms with E-state index in [1.54, 1.807) is 26.1 Å². The molecule has 0 saturated heterocycles.